The molecule has 2 unspecified atom stereocenters. The lowest BCUT2D eigenvalue weighted by Gasteiger charge is -2.31. The lowest BCUT2D eigenvalue weighted by molar-refractivity contribution is 0.0946. The number of aromatic hydroxyl groups is 1. The molecule has 1 aliphatic carbocycles. The normalized spacial score (nSPS) is 18.8. The summed E-state index contributed by atoms with van der Waals surface area (Å²) in [5.41, 5.74) is 1.57. The smallest absolute Gasteiger partial charge is 0.255 e. The van der Waals surface area contributed by atoms with Crippen LogP contribution in [0.15, 0.2) is 78.9 Å². The molecule has 1 amide bonds. The van der Waals surface area contributed by atoms with Crippen LogP contribution in [-0.2, 0) is 6.42 Å². The highest BCUT2D eigenvalue weighted by Crippen LogP contribution is 2.31. The van der Waals surface area contributed by atoms with E-state index in [0.29, 0.717) is 18.2 Å². The maximum absolute atomic E-state index is 13.1. The highest BCUT2D eigenvalue weighted by Gasteiger charge is 2.27. The molecule has 6 nitrogen and oxygen atoms in total. The van der Waals surface area contributed by atoms with Crippen molar-refractivity contribution in [1.82, 2.24) is 16.0 Å². The molecule has 8 heteroatoms. The fraction of sp³-hybridized carbons (Fsp3) is 0.441. The number of carbonyl (C=O) groups excluding carboxylic acids is 1. The van der Waals surface area contributed by atoms with Gasteiger partial charge in [0, 0.05) is 42.1 Å². The van der Waals surface area contributed by atoms with Crippen LogP contribution in [0.3, 0.4) is 0 Å². The van der Waals surface area contributed by atoms with E-state index in [4.69, 9.17) is 4.74 Å². The largest absolute Gasteiger partial charge is 0.507 e. The minimum Gasteiger partial charge on any atom is -0.507 e. The Kier molecular flexibility index (Phi) is 11.9. The van der Waals surface area contributed by atoms with E-state index in [1.54, 1.807) is 24.3 Å². The standard InChI is InChI=1S/C34H43N3O3S2/c38-32-14-8-7-13-30(32)34(39)36-21-31(35-20-27-23-41-24-37-27)33(42-22-26-9-3-1-4-10-26)19-25-15-17-29(18-16-25)40-28-11-5-2-6-12-28/h2,5-8,11-18,26-27,31,33,35,37-38H,1,3-4,9-10,19-24H2,(H,36,39)/t27-,31?,33?/m1/s1. The van der Waals surface area contributed by atoms with Gasteiger partial charge in [0.1, 0.15) is 17.2 Å². The first-order chi connectivity index (χ1) is 20.6. The van der Waals surface area contributed by atoms with Crippen LogP contribution >= 0.6 is 23.5 Å². The number of carbonyl (C=O) groups is 1. The molecule has 42 heavy (non-hydrogen) atoms. The maximum Gasteiger partial charge on any atom is 0.255 e. The third kappa shape index (κ3) is 9.43. The van der Waals surface area contributed by atoms with Crippen molar-refractivity contribution in [2.24, 2.45) is 5.92 Å². The van der Waals surface area contributed by atoms with Crippen LogP contribution in [0.4, 0.5) is 0 Å². The van der Waals surface area contributed by atoms with E-state index >= 15 is 0 Å². The SMILES string of the molecule is O=C(NCC(NC[C@@H]1CSCN1)C(Cc1ccc(Oc2ccccc2)cc1)SCC1CCCCC1)c1ccccc1O. The Morgan fingerprint density at radius 3 is 2.45 bits per heavy atom. The number of phenols is 1. The highest BCUT2D eigenvalue weighted by atomic mass is 32.2. The second-order valence-electron chi connectivity index (χ2n) is 11.3. The molecule has 3 aromatic carbocycles. The molecule has 0 spiro atoms. The molecular weight excluding hydrogens is 563 g/mol. The molecule has 1 heterocycles. The minimum atomic E-state index is -0.243. The fourth-order valence-electron chi connectivity index (χ4n) is 5.64. The van der Waals surface area contributed by atoms with Crippen molar-refractivity contribution in [3.05, 3.63) is 90.0 Å². The number of benzene rings is 3. The second-order valence-corrected chi connectivity index (χ2v) is 13.6. The maximum atomic E-state index is 13.1. The lowest BCUT2D eigenvalue weighted by atomic mass is 9.91. The first-order valence-electron chi connectivity index (χ1n) is 15.2. The summed E-state index contributed by atoms with van der Waals surface area (Å²) in [6.45, 7) is 1.35. The van der Waals surface area contributed by atoms with Crippen LogP contribution in [0.1, 0.15) is 48.0 Å². The average Bonchev–Trinajstić information content (AvgIpc) is 3.55. The van der Waals surface area contributed by atoms with Crippen LogP contribution in [0.25, 0.3) is 0 Å². The van der Waals surface area contributed by atoms with Crippen molar-refractivity contribution in [3.63, 3.8) is 0 Å². The lowest BCUT2D eigenvalue weighted by Crippen LogP contribution is -2.51. The topological polar surface area (TPSA) is 82.6 Å². The number of nitrogens with one attached hydrogen (secondary N) is 3. The van der Waals surface area contributed by atoms with Gasteiger partial charge in [-0.05, 0) is 72.9 Å². The van der Waals surface area contributed by atoms with Gasteiger partial charge in [-0.25, -0.2) is 0 Å². The van der Waals surface area contributed by atoms with Crippen LogP contribution < -0.4 is 20.7 Å². The van der Waals surface area contributed by atoms with E-state index in [-0.39, 0.29) is 22.9 Å². The van der Waals surface area contributed by atoms with Crippen molar-refractivity contribution < 1.29 is 14.6 Å². The Morgan fingerprint density at radius 2 is 1.71 bits per heavy atom. The van der Waals surface area contributed by atoms with Crippen molar-refractivity contribution in [2.45, 2.75) is 55.9 Å². The Morgan fingerprint density at radius 1 is 0.976 bits per heavy atom. The summed E-state index contributed by atoms with van der Waals surface area (Å²) in [5.74, 6) is 5.39. The molecular formula is C34H43N3O3S2. The predicted octanol–water partition coefficient (Wildman–Crippen LogP) is 6.46. The molecule has 5 rings (SSSR count). The summed E-state index contributed by atoms with van der Waals surface area (Å²) in [7, 11) is 0. The molecule has 1 aliphatic heterocycles. The average molecular weight is 606 g/mol. The van der Waals surface area contributed by atoms with E-state index in [9.17, 15) is 9.90 Å². The van der Waals surface area contributed by atoms with Crippen LogP contribution in [0.2, 0.25) is 0 Å². The molecule has 224 valence electrons. The number of thioether (sulfide) groups is 2. The first-order valence-corrected chi connectivity index (χ1v) is 17.4. The Labute approximate surface area is 258 Å². The molecule has 1 saturated carbocycles. The number of phenolic OH excluding ortho intramolecular Hbond substituents is 1. The molecule has 4 N–H and O–H groups in total. The van der Waals surface area contributed by atoms with Crippen molar-refractivity contribution in [2.75, 3.05) is 30.5 Å². The molecule has 2 fully saturated rings. The summed E-state index contributed by atoms with van der Waals surface area (Å²) in [4.78, 5) is 13.1. The minimum absolute atomic E-state index is 0.00715. The third-order valence-corrected chi connectivity index (χ3v) is 10.7. The van der Waals surface area contributed by atoms with E-state index in [2.05, 4.69) is 39.8 Å². The first kappa shape index (κ1) is 30.8. The molecule has 1 saturated heterocycles. The Balaban J connectivity index is 1.30. The van der Waals surface area contributed by atoms with Gasteiger partial charge in [-0.2, -0.15) is 11.8 Å². The van der Waals surface area contributed by atoms with E-state index in [1.165, 1.54) is 37.7 Å². The highest BCUT2D eigenvalue weighted by molar-refractivity contribution is 8.00. The van der Waals surface area contributed by atoms with Crippen LogP contribution in [-0.4, -0.2) is 58.8 Å². The Bertz CT molecular complexity index is 1230. The fourth-order valence-corrected chi connectivity index (χ4v) is 8.22. The van der Waals surface area contributed by atoms with E-state index in [1.807, 2.05) is 54.2 Å². The summed E-state index contributed by atoms with van der Waals surface area (Å²) in [5, 5.41) is 21.0. The zero-order valence-corrected chi connectivity index (χ0v) is 25.8. The van der Waals surface area contributed by atoms with Gasteiger partial charge >= 0.3 is 0 Å². The summed E-state index contributed by atoms with van der Waals surface area (Å²) in [6, 6.07) is 25.5. The van der Waals surface area contributed by atoms with Crippen LogP contribution in [0, 0.1) is 5.92 Å². The van der Waals surface area contributed by atoms with Gasteiger partial charge in [0.05, 0.1) is 5.56 Å². The van der Waals surface area contributed by atoms with Gasteiger partial charge < -0.3 is 25.8 Å². The van der Waals surface area contributed by atoms with Crippen molar-refractivity contribution >= 4 is 29.4 Å². The molecule has 2 aliphatic rings. The molecule has 3 atom stereocenters. The van der Waals surface area contributed by atoms with Gasteiger partial charge in [0.15, 0.2) is 0 Å². The van der Waals surface area contributed by atoms with E-state index in [0.717, 1.165) is 47.8 Å². The van der Waals surface area contributed by atoms with Gasteiger partial charge in [-0.15, -0.1) is 11.8 Å². The number of rotatable bonds is 14. The molecule has 0 radical (unpaired) electrons. The zero-order valence-electron chi connectivity index (χ0n) is 24.2. The van der Waals surface area contributed by atoms with Gasteiger partial charge in [-0.1, -0.05) is 61.7 Å². The second kappa shape index (κ2) is 16.3. The summed E-state index contributed by atoms with van der Waals surface area (Å²) >= 11 is 3.98. The number of amides is 1. The monoisotopic (exact) mass is 605 g/mol. The van der Waals surface area contributed by atoms with Gasteiger partial charge in [-0.3, -0.25) is 4.79 Å². The van der Waals surface area contributed by atoms with Crippen LogP contribution in [0.5, 0.6) is 17.2 Å². The van der Waals surface area contributed by atoms with Crippen molar-refractivity contribution in [1.29, 1.82) is 0 Å². The summed E-state index contributed by atoms with van der Waals surface area (Å²) in [6.07, 6.45) is 7.55. The Hall–Kier alpha value is -2.65. The zero-order chi connectivity index (χ0) is 29.0. The molecule has 0 aromatic heterocycles. The molecule has 0 bridgehead atoms. The number of para-hydroxylation sites is 2. The third-order valence-electron chi connectivity index (χ3n) is 8.11. The quantitative estimate of drug-likeness (QED) is 0.168. The van der Waals surface area contributed by atoms with E-state index < -0.39 is 0 Å². The number of hydrogen-bond donors (Lipinski definition) is 4. The van der Waals surface area contributed by atoms with Gasteiger partial charge in [0.2, 0.25) is 0 Å². The number of ether oxygens (including phenoxy) is 1. The summed E-state index contributed by atoms with van der Waals surface area (Å²) < 4.78 is 6.03. The molecule has 3 aromatic rings. The predicted molar refractivity (Wildman–Crippen MR) is 176 cm³/mol. The van der Waals surface area contributed by atoms with Gasteiger partial charge in [0.25, 0.3) is 5.91 Å². The van der Waals surface area contributed by atoms with Crippen molar-refractivity contribution in [3.8, 4) is 17.2 Å². The number of hydrogen-bond acceptors (Lipinski definition) is 7.